The molecule has 0 aliphatic carbocycles. The van der Waals surface area contributed by atoms with E-state index in [1.54, 1.807) is 46.5 Å². The number of aromatic nitrogens is 4. The summed E-state index contributed by atoms with van der Waals surface area (Å²) in [4.78, 5) is 16.9. The third-order valence-electron chi connectivity index (χ3n) is 4.74. The number of carbonyl (C=O) groups excluding carboxylic acids is 1. The number of thioether (sulfide) groups is 1. The number of thiazole rings is 1. The van der Waals surface area contributed by atoms with E-state index in [-0.39, 0.29) is 17.4 Å². The maximum Gasteiger partial charge on any atom is 0.275 e. The van der Waals surface area contributed by atoms with Gasteiger partial charge in [0.15, 0.2) is 10.9 Å². The van der Waals surface area contributed by atoms with E-state index >= 15 is 0 Å². The number of furan rings is 1. The normalized spacial score (nSPS) is 11.1. The fourth-order valence-corrected chi connectivity index (χ4v) is 5.37. The molecule has 176 valence electrons. The Morgan fingerprint density at radius 3 is 2.71 bits per heavy atom. The SMILES string of the molecule is O=C(Nc1ccc(F)cc1)c1csc(CSc2nnc(-c3ccco3)n2-c2ccc(Cl)cc2Cl)n1. The fraction of sp³-hybridized carbons (Fsp3) is 0.0435. The molecule has 1 amide bonds. The zero-order valence-corrected chi connectivity index (χ0v) is 20.8. The lowest BCUT2D eigenvalue weighted by molar-refractivity contribution is 0.102. The van der Waals surface area contributed by atoms with Gasteiger partial charge >= 0.3 is 0 Å². The van der Waals surface area contributed by atoms with E-state index < -0.39 is 0 Å². The van der Waals surface area contributed by atoms with Gasteiger partial charge in [-0.15, -0.1) is 21.5 Å². The van der Waals surface area contributed by atoms with Gasteiger partial charge in [-0.3, -0.25) is 9.36 Å². The van der Waals surface area contributed by atoms with Crippen molar-refractivity contribution in [3.05, 3.63) is 92.8 Å². The Morgan fingerprint density at radius 1 is 1.14 bits per heavy atom. The molecule has 0 radical (unpaired) electrons. The third kappa shape index (κ3) is 5.25. The first kappa shape index (κ1) is 23.6. The van der Waals surface area contributed by atoms with E-state index in [4.69, 9.17) is 27.6 Å². The number of nitrogens with one attached hydrogen (secondary N) is 1. The average Bonchev–Trinajstić information content (AvgIpc) is 3.60. The molecule has 0 fully saturated rings. The monoisotopic (exact) mass is 545 g/mol. The highest BCUT2D eigenvalue weighted by Gasteiger charge is 2.21. The van der Waals surface area contributed by atoms with Crippen molar-refractivity contribution in [2.45, 2.75) is 10.9 Å². The van der Waals surface area contributed by atoms with Crippen LogP contribution in [0, 0.1) is 5.82 Å². The lowest BCUT2D eigenvalue weighted by Gasteiger charge is -2.11. The van der Waals surface area contributed by atoms with Crippen LogP contribution in [0.1, 0.15) is 15.5 Å². The quantitative estimate of drug-likeness (QED) is 0.222. The van der Waals surface area contributed by atoms with Gasteiger partial charge in [-0.2, -0.15) is 0 Å². The summed E-state index contributed by atoms with van der Waals surface area (Å²) in [5, 5.41) is 15.2. The van der Waals surface area contributed by atoms with Gasteiger partial charge in [0, 0.05) is 16.1 Å². The van der Waals surface area contributed by atoms with E-state index in [2.05, 4.69) is 20.5 Å². The molecule has 3 heterocycles. The molecule has 0 saturated heterocycles. The predicted octanol–water partition coefficient (Wildman–Crippen LogP) is 6.97. The topological polar surface area (TPSA) is 85.8 Å². The molecule has 1 N–H and O–H groups in total. The zero-order chi connectivity index (χ0) is 24.4. The molecule has 0 atom stereocenters. The van der Waals surface area contributed by atoms with Gasteiger partial charge < -0.3 is 9.73 Å². The van der Waals surface area contributed by atoms with Crippen LogP contribution in [0.4, 0.5) is 10.1 Å². The Hall–Kier alpha value is -3.18. The molecule has 0 bridgehead atoms. The molecule has 0 aliphatic rings. The molecule has 5 aromatic rings. The van der Waals surface area contributed by atoms with Crippen LogP contribution >= 0.6 is 46.3 Å². The van der Waals surface area contributed by atoms with Gasteiger partial charge in [0.25, 0.3) is 5.91 Å². The Morgan fingerprint density at radius 2 is 1.97 bits per heavy atom. The van der Waals surface area contributed by atoms with E-state index in [0.29, 0.717) is 43.9 Å². The highest BCUT2D eigenvalue weighted by atomic mass is 35.5. The molecule has 3 aromatic heterocycles. The summed E-state index contributed by atoms with van der Waals surface area (Å²) in [5.74, 6) is 0.708. The van der Waals surface area contributed by atoms with E-state index in [9.17, 15) is 9.18 Å². The molecule has 0 saturated carbocycles. The number of amides is 1. The maximum atomic E-state index is 13.1. The number of hydrogen-bond acceptors (Lipinski definition) is 7. The van der Waals surface area contributed by atoms with Crippen LogP contribution in [-0.2, 0) is 5.75 Å². The van der Waals surface area contributed by atoms with Crippen LogP contribution in [0.2, 0.25) is 10.0 Å². The lowest BCUT2D eigenvalue weighted by atomic mass is 10.3. The van der Waals surface area contributed by atoms with Gasteiger partial charge in [0.2, 0.25) is 5.82 Å². The summed E-state index contributed by atoms with van der Waals surface area (Å²) in [7, 11) is 0. The molecule has 35 heavy (non-hydrogen) atoms. The van der Waals surface area contributed by atoms with Gasteiger partial charge in [-0.25, -0.2) is 9.37 Å². The van der Waals surface area contributed by atoms with E-state index in [1.807, 2.05) is 0 Å². The zero-order valence-electron chi connectivity index (χ0n) is 17.6. The number of carbonyl (C=O) groups is 1. The van der Waals surface area contributed by atoms with Crippen LogP contribution in [0.5, 0.6) is 0 Å². The highest BCUT2D eigenvalue weighted by Crippen LogP contribution is 2.34. The Labute approximate surface area is 216 Å². The van der Waals surface area contributed by atoms with Crippen molar-refractivity contribution in [3.8, 4) is 17.3 Å². The number of rotatable bonds is 7. The standard InChI is InChI=1S/C23H14Cl2FN5O2S2/c24-13-3-8-18(16(25)10-13)31-21(19-2-1-9-33-19)29-30-23(31)35-12-20-28-17(11-34-20)22(32)27-15-6-4-14(26)5-7-15/h1-11H,12H2,(H,27,32). The summed E-state index contributed by atoms with van der Waals surface area (Å²) >= 11 is 15.3. The van der Waals surface area contributed by atoms with Crippen molar-refractivity contribution in [2.24, 2.45) is 0 Å². The molecule has 0 spiro atoms. The second-order valence-electron chi connectivity index (χ2n) is 7.09. The minimum Gasteiger partial charge on any atom is -0.461 e. The summed E-state index contributed by atoms with van der Waals surface area (Å²) in [5.41, 5.74) is 1.40. The molecule has 5 rings (SSSR count). The predicted molar refractivity (Wildman–Crippen MR) is 135 cm³/mol. The summed E-state index contributed by atoms with van der Waals surface area (Å²) < 4.78 is 20.4. The minimum atomic E-state index is -0.376. The molecule has 2 aromatic carbocycles. The largest absolute Gasteiger partial charge is 0.461 e. The van der Waals surface area contributed by atoms with Gasteiger partial charge in [0.1, 0.15) is 16.5 Å². The second-order valence-corrected chi connectivity index (χ2v) is 9.82. The highest BCUT2D eigenvalue weighted by molar-refractivity contribution is 7.98. The lowest BCUT2D eigenvalue weighted by Crippen LogP contribution is -2.12. The Kier molecular flexibility index (Phi) is 6.87. The van der Waals surface area contributed by atoms with Crippen LogP contribution in [-0.4, -0.2) is 25.7 Å². The van der Waals surface area contributed by atoms with Crippen molar-refractivity contribution in [3.63, 3.8) is 0 Å². The first-order valence-corrected chi connectivity index (χ1v) is 12.7. The molecule has 7 nitrogen and oxygen atoms in total. The summed E-state index contributed by atoms with van der Waals surface area (Å²) in [6.07, 6.45) is 1.55. The van der Waals surface area contributed by atoms with Crippen molar-refractivity contribution in [1.82, 2.24) is 19.7 Å². The summed E-state index contributed by atoms with van der Waals surface area (Å²) in [6.45, 7) is 0. The van der Waals surface area contributed by atoms with Crippen LogP contribution in [0.15, 0.2) is 75.8 Å². The summed E-state index contributed by atoms with van der Waals surface area (Å²) in [6, 6.07) is 14.2. The van der Waals surface area contributed by atoms with E-state index in [0.717, 1.165) is 5.01 Å². The van der Waals surface area contributed by atoms with Crippen LogP contribution < -0.4 is 5.32 Å². The van der Waals surface area contributed by atoms with Crippen molar-refractivity contribution in [1.29, 1.82) is 0 Å². The smallest absolute Gasteiger partial charge is 0.275 e. The van der Waals surface area contributed by atoms with Crippen LogP contribution in [0.3, 0.4) is 0 Å². The number of benzene rings is 2. The van der Waals surface area contributed by atoms with Crippen molar-refractivity contribution in [2.75, 3.05) is 5.32 Å². The average molecular weight is 546 g/mol. The minimum absolute atomic E-state index is 0.272. The first-order valence-electron chi connectivity index (χ1n) is 10.1. The second kappa shape index (κ2) is 10.2. The van der Waals surface area contributed by atoms with Gasteiger partial charge in [0.05, 0.1) is 22.7 Å². The van der Waals surface area contributed by atoms with Crippen molar-refractivity contribution < 1.29 is 13.6 Å². The molecular weight excluding hydrogens is 532 g/mol. The molecule has 0 aliphatic heterocycles. The number of nitrogens with zero attached hydrogens (tertiary/aromatic N) is 4. The third-order valence-corrected chi connectivity index (χ3v) is 7.25. The number of anilines is 1. The van der Waals surface area contributed by atoms with Crippen molar-refractivity contribution >= 4 is 57.9 Å². The molecule has 12 heteroatoms. The Balaban J connectivity index is 1.36. The maximum absolute atomic E-state index is 13.1. The Bertz CT molecular complexity index is 1490. The number of hydrogen-bond donors (Lipinski definition) is 1. The fourth-order valence-electron chi connectivity index (χ4n) is 3.14. The van der Waals surface area contributed by atoms with E-state index in [1.165, 1.54) is 47.4 Å². The van der Waals surface area contributed by atoms with Gasteiger partial charge in [-0.1, -0.05) is 35.0 Å². The molecule has 0 unspecified atom stereocenters. The van der Waals surface area contributed by atoms with Gasteiger partial charge in [-0.05, 0) is 54.6 Å². The molecular formula is C23H14Cl2FN5O2S2. The first-order chi connectivity index (χ1) is 17.0. The number of halogens is 3. The van der Waals surface area contributed by atoms with Crippen LogP contribution in [0.25, 0.3) is 17.3 Å².